The molecular formula is C21H16ClN3O2. The third-order valence-corrected chi connectivity index (χ3v) is 4.71. The molecule has 5 nitrogen and oxygen atoms in total. The van der Waals surface area contributed by atoms with Gasteiger partial charge in [0.2, 0.25) is 0 Å². The van der Waals surface area contributed by atoms with Crippen LogP contribution in [0.4, 0.5) is 5.82 Å². The van der Waals surface area contributed by atoms with Crippen LogP contribution in [0.1, 0.15) is 11.1 Å². The first kappa shape index (κ1) is 17.2. The minimum atomic E-state index is 0.0888. The van der Waals surface area contributed by atoms with Crippen molar-refractivity contribution < 1.29 is 9.84 Å². The van der Waals surface area contributed by atoms with E-state index in [4.69, 9.17) is 16.3 Å². The average Bonchev–Trinajstić information content (AvgIpc) is 2.90. The molecule has 0 atom stereocenters. The third kappa shape index (κ3) is 3.40. The molecule has 2 heterocycles. The second-order valence-electron chi connectivity index (χ2n) is 6.25. The largest absolute Gasteiger partial charge is 0.504 e. The Kier molecular flexibility index (Phi) is 4.57. The number of nitriles is 1. The van der Waals surface area contributed by atoms with Gasteiger partial charge in [-0.1, -0.05) is 23.7 Å². The summed E-state index contributed by atoms with van der Waals surface area (Å²) in [5.41, 5.74) is 3.10. The van der Waals surface area contributed by atoms with Crippen molar-refractivity contribution >= 4 is 17.4 Å². The van der Waals surface area contributed by atoms with Gasteiger partial charge in [-0.15, -0.1) is 0 Å². The Hall–Kier alpha value is -3.23. The van der Waals surface area contributed by atoms with E-state index in [1.165, 1.54) is 0 Å². The number of rotatable bonds is 2. The summed E-state index contributed by atoms with van der Waals surface area (Å²) in [5, 5.41) is 20.5. The summed E-state index contributed by atoms with van der Waals surface area (Å²) >= 11 is 6.11. The molecule has 6 heteroatoms. The maximum Gasteiger partial charge on any atom is 0.166 e. The second-order valence-corrected chi connectivity index (χ2v) is 6.69. The lowest BCUT2D eigenvalue weighted by molar-refractivity contribution is 0.311. The Bertz CT molecular complexity index is 1050. The fourth-order valence-corrected chi connectivity index (χ4v) is 3.44. The van der Waals surface area contributed by atoms with Crippen LogP contribution >= 0.6 is 11.6 Å². The van der Waals surface area contributed by atoms with Gasteiger partial charge in [0, 0.05) is 23.3 Å². The highest BCUT2D eigenvalue weighted by Gasteiger charge is 2.22. The topological polar surface area (TPSA) is 69.4 Å². The number of fused-ring (bicyclic) bond motifs is 1. The summed E-state index contributed by atoms with van der Waals surface area (Å²) in [6.45, 7) is 1.42. The number of aromatic hydroxyl groups is 1. The number of phenols is 1. The maximum atomic E-state index is 10.5. The predicted octanol–water partition coefficient (Wildman–Crippen LogP) is 4.38. The molecule has 0 saturated carbocycles. The third-order valence-electron chi connectivity index (χ3n) is 4.48. The average molecular weight is 378 g/mol. The van der Waals surface area contributed by atoms with Crippen LogP contribution in [-0.2, 0) is 6.54 Å². The number of pyridine rings is 1. The van der Waals surface area contributed by atoms with Crippen molar-refractivity contribution in [2.45, 2.75) is 6.54 Å². The quantitative estimate of drug-likeness (QED) is 0.717. The van der Waals surface area contributed by atoms with E-state index < -0.39 is 0 Å². The lowest BCUT2D eigenvalue weighted by atomic mass is 10.0. The van der Waals surface area contributed by atoms with Crippen LogP contribution in [-0.4, -0.2) is 23.2 Å². The Morgan fingerprint density at radius 2 is 2.04 bits per heavy atom. The van der Waals surface area contributed by atoms with E-state index in [0.717, 1.165) is 16.7 Å². The van der Waals surface area contributed by atoms with E-state index in [9.17, 15) is 10.4 Å². The monoisotopic (exact) mass is 377 g/mol. The van der Waals surface area contributed by atoms with Crippen LogP contribution in [0, 0.1) is 11.3 Å². The number of phenolic OH excluding ortho intramolecular Hbond substituents is 1. The van der Waals surface area contributed by atoms with Gasteiger partial charge in [0.15, 0.2) is 11.5 Å². The minimum absolute atomic E-state index is 0.0888. The zero-order valence-electron chi connectivity index (χ0n) is 14.4. The van der Waals surface area contributed by atoms with E-state index in [1.54, 1.807) is 24.4 Å². The Balaban J connectivity index is 1.76. The van der Waals surface area contributed by atoms with Crippen LogP contribution in [0.15, 0.2) is 54.7 Å². The molecule has 134 valence electrons. The molecule has 4 rings (SSSR count). The van der Waals surface area contributed by atoms with Crippen LogP contribution < -0.4 is 9.64 Å². The van der Waals surface area contributed by atoms with Gasteiger partial charge >= 0.3 is 0 Å². The predicted molar refractivity (Wildman–Crippen MR) is 104 cm³/mol. The fraction of sp³-hybridized carbons (Fsp3) is 0.143. The highest BCUT2D eigenvalue weighted by atomic mass is 35.5. The Morgan fingerprint density at radius 1 is 1.15 bits per heavy atom. The molecule has 0 unspecified atom stereocenters. The summed E-state index contributed by atoms with van der Waals surface area (Å²) in [5.74, 6) is 1.17. The first-order valence-electron chi connectivity index (χ1n) is 8.50. The molecule has 0 fully saturated rings. The summed E-state index contributed by atoms with van der Waals surface area (Å²) in [6.07, 6.45) is 1.67. The first-order chi connectivity index (χ1) is 13.2. The van der Waals surface area contributed by atoms with Crippen molar-refractivity contribution in [3.63, 3.8) is 0 Å². The summed E-state index contributed by atoms with van der Waals surface area (Å²) in [6, 6.07) is 16.8. The van der Waals surface area contributed by atoms with E-state index in [1.807, 2.05) is 35.2 Å². The molecular weight excluding hydrogens is 362 g/mol. The number of hydrogen-bond acceptors (Lipinski definition) is 5. The van der Waals surface area contributed by atoms with Crippen molar-refractivity contribution in [3.05, 3.63) is 70.9 Å². The van der Waals surface area contributed by atoms with Gasteiger partial charge in [-0.25, -0.2) is 4.98 Å². The van der Waals surface area contributed by atoms with E-state index >= 15 is 0 Å². The molecule has 3 aromatic rings. The number of aromatic nitrogens is 1. The molecule has 0 radical (unpaired) electrons. The summed E-state index contributed by atoms with van der Waals surface area (Å²) in [4.78, 5) is 6.36. The van der Waals surface area contributed by atoms with Crippen LogP contribution in [0.3, 0.4) is 0 Å². The Morgan fingerprint density at radius 3 is 2.85 bits per heavy atom. The van der Waals surface area contributed by atoms with Crippen LogP contribution in [0.25, 0.3) is 11.1 Å². The molecule has 1 aliphatic rings. The number of benzene rings is 2. The van der Waals surface area contributed by atoms with Gasteiger partial charge in [0.25, 0.3) is 0 Å². The van der Waals surface area contributed by atoms with Crippen molar-refractivity contribution in [2.24, 2.45) is 0 Å². The van der Waals surface area contributed by atoms with E-state index in [0.29, 0.717) is 41.8 Å². The molecule has 27 heavy (non-hydrogen) atoms. The highest BCUT2D eigenvalue weighted by molar-refractivity contribution is 6.30. The smallest absolute Gasteiger partial charge is 0.166 e. The van der Waals surface area contributed by atoms with Crippen molar-refractivity contribution in [3.8, 4) is 28.7 Å². The number of nitrogens with zero attached hydrogens (tertiary/aromatic N) is 3. The van der Waals surface area contributed by atoms with Crippen LogP contribution in [0.2, 0.25) is 5.02 Å². The molecule has 1 aromatic heterocycles. The van der Waals surface area contributed by atoms with Crippen molar-refractivity contribution in [1.29, 1.82) is 5.26 Å². The molecule has 0 amide bonds. The molecule has 1 N–H and O–H groups in total. The van der Waals surface area contributed by atoms with Crippen LogP contribution in [0.5, 0.6) is 11.5 Å². The normalized spacial score (nSPS) is 13.3. The SMILES string of the molecule is N#Cc1cccnc1N1CCOc2c(O)cc(-c3cccc(Cl)c3)cc2C1. The van der Waals surface area contributed by atoms with Crippen molar-refractivity contribution in [1.82, 2.24) is 4.98 Å². The molecule has 1 aliphatic heterocycles. The highest BCUT2D eigenvalue weighted by Crippen LogP contribution is 2.38. The second kappa shape index (κ2) is 7.18. The van der Waals surface area contributed by atoms with Gasteiger partial charge in [0.1, 0.15) is 18.5 Å². The number of ether oxygens (including phenoxy) is 1. The lowest BCUT2D eigenvalue weighted by Crippen LogP contribution is -2.26. The maximum absolute atomic E-state index is 10.5. The molecule has 2 aromatic carbocycles. The molecule has 0 bridgehead atoms. The zero-order valence-corrected chi connectivity index (χ0v) is 15.1. The molecule has 0 saturated heterocycles. The van der Waals surface area contributed by atoms with Gasteiger partial charge in [-0.3, -0.25) is 0 Å². The van der Waals surface area contributed by atoms with Gasteiger partial charge in [-0.05, 0) is 47.5 Å². The van der Waals surface area contributed by atoms with Crippen molar-refractivity contribution in [2.75, 3.05) is 18.1 Å². The van der Waals surface area contributed by atoms with E-state index in [2.05, 4.69) is 11.1 Å². The van der Waals surface area contributed by atoms with Gasteiger partial charge < -0.3 is 14.7 Å². The summed E-state index contributed by atoms with van der Waals surface area (Å²) in [7, 11) is 0. The molecule has 0 spiro atoms. The Labute approximate surface area is 162 Å². The zero-order chi connectivity index (χ0) is 18.8. The lowest BCUT2D eigenvalue weighted by Gasteiger charge is -2.22. The number of anilines is 1. The van der Waals surface area contributed by atoms with E-state index in [-0.39, 0.29) is 5.75 Å². The standard InChI is InChI=1S/C21H16ClN3O2/c22-18-5-1-3-14(10-18)16-9-17-13-25(7-8-27-20(17)19(26)11-16)21-15(12-23)4-2-6-24-21/h1-6,9-11,26H,7-8,13H2. The minimum Gasteiger partial charge on any atom is -0.504 e. The van der Waals surface area contributed by atoms with Gasteiger partial charge in [-0.2, -0.15) is 5.26 Å². The summed E-state index contributed by atoms with van der Waals surface area (Å²) < 4.78 is 5.79. The van der Waals surface area contributed by atoms with Gasteiger partial charge in [0.05, 0.1) is 12.1 Å². The number of hydrogen-bond donors (Lipinski definition) is 1. The fourth-order valence-electron chi connectivity index (χ4n) is 3.25. The molecule has 0 aliphatic carbocycles. The number of halogens is 1. The first-order valence-corrected chi connectivity index (χ1v) is 8.88.